The molecule has 0 saturated carbocycles. The first-order chi connectivity index (χ1) is 10.1. The second kappa shape index (κ2) is 5.33. The molecule has 0 unspecified atom stereocenters. The Morgan fingerprint density at radius 2 is 2.10 bits per heavy atom. The molecule has 110 valence electrons. The Bertz CT molecular complexity index is 632. The Hall–Kier alpha value is -2.14. The fourth-order valence-electron chi connectivity index (χ4n) is 2.39. The molecule has 0 spiro atoms. The Morgan fingerprint density at radius 3 is 2.71 bits per heavy atom. The molecule has 5 nitrogen and oxygen atoms in total. The number of hydrogen-bond acceptors (Lipinski definition) is 4. The smallest absolute Gasteiger partial charge is 0.357 e. The minimum atomic E-state index is -0.512. The first-order valence-electron chi connectivity index (χ1n) is 6.97. The summed E-state index contributed by atoms with van der Waals surface area (Å²) in [6.45, 7) is 4.79. The van der Waals surface area contributed by atoms with E-state index >= 15 is 0 Å². The molecule has 0 radical (unpaired) electrons. The second-order valence-corrected chi connectivity index (χ2v) is 5.61. The maximum absolute atomic E-state index is 12.3. The average molecular weight is 286 g/mol. The number of hydrogen-bond donors (Lipinski definition) is 0. The second-order valence-electron chi connectivity index (χ2n) is 5.61. The summed E-state index contributed by atoms with van der Waals surface area (Å²) in [6, 6.07) is 10.0. The highest BCUT2D eigenvalue weighted by atomic mass is 16.6. The number of carbonyl (C=O) groups is 1. The van der Waals surface area contributed by atoms with Crippen molar-refractivity contribution < 1.29 is 14.3 Å². The van der Waals surface area contributed by atoms with Gasteiger partial charge in [-0.15, -0.1) is 0 Å². The number of esters is 1. The third-order valence-electron chi connectivity index (χ3n) is 3.73. The van der Waals surface area contributed by atoms with E-state index in [9.17, 15) is 4.79 Å². The molecule has 3 rings (SSSR count). The van der Waals surface area contributed by atoms with Gasteiger partial charge in [-0.25, -0.2) is 9.78 Å². The van der Waals surface area contributed by atoms with E-state index in [1.54, 1.807) is 12.5 Å². The molecule has 0 aliphatic carbocycles. The lowest BCUT2D eigenvalue weighted by atomic mass is 10.1. The van der Waals surface area contributed by atoms with Crippen LogP contribution in [0.2, 0.25) is 0 Å². The van der Waals surface area contributed by atoms with Crippen LogP contribution in [0.15, 0.2) is 42.9 Å². The minimum absolute atomic E-state index is 0.0155. The van der Waals surface area contributed by atoms with Gasteiger partial charge in [-0.1, -0.05) is 30.3 Å². The van der Waals surface area contributed by atoms with Crippen molar-refractivity contribution in [1.82, 2.24) is 9.55 Å². The van der Waals surface area contributed by atoms with Gasteiger partial charge < -0.3 is 14.0 Å². The molecule has 1 aliphatic rings. The van der Waals surface area contributed by atoms with Gasteiger partial charge in [0.05, 0.1) is 31.8 Å². The molecule has 0 bridgehead atoms. The maximum atomic E-state index is 12.3. The third-order valence-corrected chi connectivity index (χ3v) is 3.73. The van der Waals surface area contributed by atoms with E-state index in [1.165, 1.54) is 0 Å². The van der Waals surface area contributed by atoms with Gasteiger partial charge >= 0.3 is 5.97 Å². The molecular weight excluding hydrogens is 268 g/mol. The van der Waals surface area contributed by atoms with Crippen LogP contribution in [0.1, 0.15) is 35.9 Å². The topological polar surface area (TPSA) is 53.4 Å². The van der Waals surface area contributed by atoms with E-state index in [2.05, 4.69) is 4.98 Å². The maximum Gasteiger partial charge on any atom is 0.357 e. The average Bonchev–Trinajstić information content (AvgIpc) is 2.95. The van der Waals surface area contributed by atoms with E-state index in [4.69, 9.17) is 9.47 Å². The van der Waals surface area contributed by atoms with E-state index in [0.29, 0.717) is 18.9 Å². The van der Waals surface area contributed by atoms with Crippen LogP contribution in [0.25, 0.3) is 0 Å². The molecule has 5 heteroatoms. The summed E-state index contributed by atoms with van der Waals surface area (Å²) >= 11 is 0. The summed E-state index contributed by atoms with van der Waals surface area (Å²) < 4.78 is 12.5. The van der Waals surface area contributed by atoms with E-state index in [-0.39, 0.29) is 12.0 Å². The Labute approximate surface area is 123 Å². The highest BCUT2D eigenvalue weighted by Gasteiger charge is 2.38. The quantitative estimate of drug-likeness (QED) is 0.810. The summed E-state index contributed by atoms with van der Waals surface area (Å²) in [6.07, 6.45) is 3.21. The number of aromatic nitrogens is 2. The largest absolute Gasteiger partial charge is 0.450 e. The molecule has 1 fully saturated rings. The molecule has 1 aliphatic heterocycles. The number of nitrogens with zero attached hydrogens (tertiary/aromatic N) is 2. The van der Waals surface area contributed by atoms with Crippen molar-refractivity contribution in [3.63, 3.8) is 0 Å². The SMILES string of the molecule is C[C@H](c1ccccc1)n1cncc1C(=O)OC1(C)COC1. The number of benzene rings is 1. The van der Waals surface area contributed by atoms with Crippen molar-refractivity contribution in [1.29, 1.82) is 0 Å². The first-order valence-corrected chi connectivity index (χ1v) is 6.97. The van der Waals surface area contributed by atoms with E-state index in [1.807, 2.05) is 48.7 Å². The zero-order valence-corrected chi connectivity index (χ0v) is 12.2. The third kappa shape index (κ3) is 2.69. The lowest BCUT2D eigenvalue weighted by Crippen LogP contribution is -2.50. The van der Waals surface area contributed by atoms with Gasteiger partial charge in [-0.2, -0.15) is 0 Å². The van der Waals surface area contributed by atoms with Crippen molar-refractivity contribution in [2.24, 2.45) is 0 Å². The molecule has 1 aromatic heterocycles. The summed E-state index contributed by atoms with van der Waals surface area (Å²) in [5, 5.41) is 0. The van der Waals surface area contributed by atoms with E-state index in [0.717, 1.165) is 5.56 Å². The highest BCUT2D eigenvalue weighted by Crippen LogP contribution is 2.24. The van der Waals surface area contributed by atoms with Gasteiger partial charge in [0.25, 0.3) is 0 Å². The standard InChI is InChI=1S/C16H18N2O3/c1-12(13-6-4-3-5-7-13)18-11-17-8-14(18)15(19)21-16(2)9-20-10-16/h3-8,11-12H,9-10H2,1-2H3/t12-/m1/s1. The Balaban J connectivity index is 1.82. The van der Waals surface area contributed by atoms with Crippen molar-refractivity contribution in [3.8, 4) is 0 Å². The van der Waals surface area contributed by atoms with Gasteiger partial charge in [0, 0.05) is 0 Å². The van der Waals surface area contributed by atoms with Crippen LogP contribution >= 0.6 is 0 Å². The molecule has 1 aromatic carbocycles. The zero-order chi connectivity index (χ0) is 14.9. The molecule has 2 heterocycles. The van der Waals surface area contributed by atoms with Gasteiger partial charge in [-0.3, -0.25) is 0 Å². The number of imidazole rings is 1. The molecule has 21 heavy (non-hydrogen) atoms. The fourth-order valence-corrected chi connectivity index (χ4v) is 2.39. The predicted octanol–water partition coefficient (Wildman–Crippen LogP) is 2.44. The normalized spacial score (nSPS) is 17.8. The molecule has 2 aromatic rings. The first kappa shape index (κ1) is 13.8. The van der Waals surface area contributed by atoms with Crippen molar-refractivity contribution in [2.45, 2.75) is 25.5 Å². The van der Waals surface area contributed by atoms with E-state index < -0.39 is 5.60 Å². The van der Waals surface area contributed by atoms with Gasteiger partial charge in [0.15, 0.2) is 5.60 Å². The Kier molecular flexibility index (Phi) is 3.51. The zero-order valence-electron chi connectivity index (χ0n) is 12.2. The highest BCUT2D eigenvalue weighted by molar-refractivity contribution is 5.87. The van der Waals surface area contributed by atoms with Crippen LogP contribution in [0.5, 0.6) is 0 Å². The summed E-state index contributed by atoms with van der Waals surface area (Å²) in [5.41, 5.74) is 1.06. The summed E-state index contributed by atoms with van der Waals surface area (Å²) in [7, 11) is 0. The van der Waals surface area contributed by atoms with Crippen LogP contribution in [0.4, 0.5) is 0 Å². The van der Waals surface area contributed by atoms with Crippen LogP contribution in [-0.2, 0) is 9.47 Å². The number of ether oxygens (including phenoxy) is 2. The molecule has 0 amide bonds. The van der Waals surface area contributed by atoms with Crippen molar-refractivity contribution in [3.05, 3.63) is 54.1 Å². The van der Waals surface area contributed by atoms with Gasteiger partial charge in [0.2, 0.25) is 0 Å². The molecule has 1 saturated heterocycles. The Morgan fingerprint density at radius 1 is 1.38 bits per heavy atom. The molecule has 0 N–H and O–H groups in total. The molecule has 1 atom stereocenters. The summed E-state index contributed by atoms with van der Waals surface area (Å²) in [5.74, 6) is -0.360. The number of rotatable bonds is 4. The lowest BCUT2D eigenvalue weighted by molar-refractivity contribution is -0.169. The fraction of sp³-hybridized carbons (Fsp3) is 0.375. The number of carbonyl (C=O) groups excluding carboxylic acids is 1. The summed E-state index contributed by atoms with van der Waals surface area (Å²) in [4.78, 5) is 16.4. The minimum Gasteiger partial charge on any atom is -0.450 e. The monoisotopic (exact) mass is 286 g/mol. The van der Waals surface area contributed by atoms with Crippen molar-refractivity contribution in [2.75, 3.05) is 13.2 Å². The van der Waals surface area contributed by atoms with Crippen LogP contribution in [-0.4, -0.2) is 34.3 Å². The lowest BCUT2D eigenvalue weighted by Gasteiger charge is -2.37. The predicted molar refractivity (Wildman–Crippen MR) is 77.1 cm³/mol. The van der Waals surface area contributed by atoms with Crippen LogP contribution in [0.3, 0.4) is 0 Å². The van der Waals surface area contributed by atoms with Crippen LogP contribution < -0.4 is 0 Å². The van der Waals surface area contributed by atoms with Gasteiger partial charge in [0.1, 0.15) is 5.69 Å². The van der Waals surface area contributed by atoms with Crippen molar-refractivity contribution >= 4 is 5.97 Å². The van der Waals surface area contributed by atoms with Crippen LogP contribution in [0, 0.1) is 0 Å². The molecular formula is C16H18N2O3. The van der Waals surface area contributed by atoms with Gasteiger partial charge in [-0.05, 0) is 19.4 Å².